The lowest BCUT2D eigenvalue weighted by Crippen LogP contribution is -2.31. The van der Waals surface area contributed by atoms with Crippen molar-refractivity contribution >= 4 is 45.8 Å². The molecule has 0 aliphatic rings. The van der Waals surface area contributed by atoms with Gasteiger partial charge in [-0.25, -0.2) is 0 Å². The van der Waals surface area contributed by atoms with Crippen LogP contribution in [0.15, 0.2) is 22.7 Å². The Labute approximate surface area is 138 Å². The average molecular weight is 386 g/mol. The normalized spacial score (nSPS) is 11.4. The first kappa shape index (κ1) is 19.5. The molecule has 4 nitrogen and oxygen atoms in total. The van der Waals surface area contributed by atoms with Crippen molar-refractivity contribution < 1.29 is 9.53 Å². The zero-order valence-corrected chi connectivity index (χ0v) is 14.4. The van der Waals surface area contributed by atoms with Crippen LogP contribution in [0.5, 0.6) is 5.75 Å². The van der Waals surface area contributed by atoms with Crippen LogP contribution in [0, 0.1) is 5.92 Å². The van der Waals surface area contributed by atoms with Crippen molar-refractivity contribution in [2.24, 2.45) is 11.7 Å². The molecular formula is C13H19BrCl2N2O2. The number of nitrogens with two attached hydrogens (primary N) is 1. The van der Waals surface area contributed by atoms with E-state index in [1.165, 1.54) is 0 Å². The maximum Gasteiger partial charge on any atom is 0.223 e. The van der Waals surface area contributed by atoms with Crippen molar-refractivity contribution in [1.82, 2.24) is 5.32 Å². The lowest BCUT2D eigenvalue weighted by atomic mass is 10.2. The highest BCUT2D eigenvalue weighted by atomic mass is 79.9. The van der Waals surface area contributed by atoms with E-state index in [4.69, 9.17) is 22.1 Å². The van der Waals surface area contributed by atoms with Gasteiger partial charge in [0.25, 0.3) is 0 Å². The van der Waals surface area contributed by atoms with E-state index in [2.05, 4.69) is 21.2 Å². The molecule has 1 aromatic carbocycles. The average Bonchev–Trinajstić information content (AvgIpc) is 2.38. The Hall–Kier alpha value is -0.490. The lowest BCUT2D eigenvalue weighted by Gasteiger charge is -2.11. The van der Waals surface area contributed by atoms with Gasteiger partial charge in [0.15, 0.2) is 0 Å². The van der Waals surface area contributed by atoms with Crippen molar-refractivity contribution in [1.29, 1.82) is 0 Å². The number of halogens is 3. The summed E-state index contributed by atoms with van der Waals surface area (Å²) in [6.45, 7) is 3.47. The second-order valence-electron chi connectivity index (χ2n) is 4.32. The van der Waals surface area contributed by atoms with Crippen LogP contribution in [0.1, 0.15) is 13.3 Å². The van der Waals surface area contributed by atoms with Crippen LogP contribution in [0.25, 0.3) is 0 Å². The summed E-state index contributed by atoms with van der Waals surface area (Å²) in [5.74, 6) is 0.924. The number of carbonyl (C=O) groups is 1. The third-order valence-electron chi connectivity index (χ3n) is 2.53. The first-order chi connectivity index (χ1) is 9.02. The molecule has 0 fully saturated rings. The standard InChI is InChI=1S/C13H18BrClN2O2.ClH/c1-9(7-16)8-17-13(18)4-5-19-12-3-2-10(15)6-11(12)14;/h2-3,6,9H,4-5,7-8,16H2,1H3,(H,17,18);1H. The fourth-order valence-corrected chi connectivity index (χ4v) is 2.10. The van der Waals surface area contributed by atoms with Crippen molar-refractivity contribution in [2.45, 2.75) is 13.3 Å². The zero-order chi connectivity index (χ0) is 14.3. The van der Waals surface area contributed by atoms with Crippen molar-refractivity contribution in [3.8, 4) is 5.75 Å². The molecule has 7 heteroatoms. The Morgan fingerprint density at radius 2 is 2.25 bits per heavy atom. The molecule has 0 aliphatic heterocycles. The molecule has 1 atom stereocenters. The Morgan fingerprint density at radius 1 is 1.55 bits per heavy atom. The van der Waals surface area contributed by atoms with Gasteiger partial charge in [-0.15, -0.1) is 12.4 Å². The summed E-state index contributed by atoms with van der Waals surface area (Å²) in [5.41, 5.74) is 5.47. The molecule has 0 radical (unpaired) electrons. The van der Waals surface area contributed by atoms with Gasteiger partial charge in [-0.2, -0.15) is 0 Å². The Kier molecular flexibility index (Phi) is 10.0. The molecule has 0 saturated carbocycles. The van der Waals surface area contributed by atoms with Gasteiger partial charge in [-0.3, -0.25) is 4.79 Å². The van der Waals surface area contributed by atoms with Crippen LogP contribution in [0.3, 0.4) is 0 Å². The first-order valence-corrected chi connectivity index (χ1v) is 7.24. The summed E-state index contributed by atoms with van der Waals surface area (Å²) in [5, 5.41) is 3.44. The number of ether oxygens (including phenoxy) is 1. The van der Waals surface area contributed by atoms with Crippen molar-refractivity contribution in [2.75, 3.05) is 19.7 Å². The monoisotopic (exact) mass is 384 g/mol. The second-order valence-corrected chi connectivity index (χ2v) is 5.61. The molecule has 1 rings (SSSR count). The topological polar surface area (TPSA) is 64.3 Å². The van der Waals surface area contributed by atoms with Gasteiger partial charge in [-0.05, 0) is 46.6 Å². The van der Waals surface area contributed by atoms with E-state index in [1.807, 2.05) is 6.92 Å². The van der Waals surface area contributed by atoms with Gasteiger partial charge in [0.1, 0.15) is 5.75 Å². The highest BCUT2D eigenvalue weighted by Gasteiger charge is 2.06. The fourth-order valence-electron chi connectivity index (χ4n) is 1.31. The van der Waals surface area contributed by atoms with Gasteiger partial charge in [0.05, 0.1) is 17.5 Å². The molecule has 0 heterocycles. The molecule has 20 heavy (non-hydrogen) atoms. The number of rotatable bonds is 7. The van der Waals surface area contributed by atoms with E-state index in [1.54, 1.807) is 18.2 Å². The number of benzene rings is 1. The van der Waals surface area contributed by atoms with Crippen molar-refractivity contribution in [3.63, 3.8) is 0 Å². The fraction of sp³-hybridized carbons (Fsp3) is 0.462. The van der Waals surface area contributed by atoms with E-state index < -0.39 is 0 Å². The quantitative estimate of drug-likeness (QED) is 0.758. The van der Waals surface area contributed by atoms with Gasteiger partial charge >= 0.3 is 0 Å². The molecule has 3 N–H and O–H groups in total. The minimum Gasteiger partial charge on any atom is -0.492 e. The molecular weight excluding hydrogens is 367 g/mol. The summed E-state index contributed by atoms with van der Waals surface area (Å²) in [6, 6.07) is 5.26. The molecule has 1 amide bonds. The number of amides is 1. The van der Waals surface area contributed by atoms with Crippen LogP contribution in [-0.2, 0) is 4.79 Å². The second kappa shape index (κ2) is 10.3. The van der Waals surface area contributed by atoms with Gasteiger partial charge < -0.3 is 15.8 Å². The van der Waals surface area contributed by atoms with Crippen LogP contribution >= 0.6 is 39.9 Å². The molecule has 0 aromatic heterocycles. The maximum atomic E-state index is 11.5. The van der Waals surface area contributed by atoms with E-state index in [0.717, 1.165) is 4.47 Å². The summed E-state index contributed by atoms with van der Waals surface area (Å²) >= 11 is 9.18. The number of hydrogen-bond acceptors (Lipinski definition) is 3. The summed E-state index contributed by atoms with van der Waals surface area (Å²) in [7, 11) is 0. The largest absolute Gasteiger partial charge is 0.492 e. The zero-order valence-electron chi connectivity index (χ0n) is 11.2. The molecule has 0 saturated heterocycles. The Bertz CT molecular complexity index is 433. The number of carbonyl (C=O) groups excluding carboxylic acids is 1. The first-order valence-electron chi connectivity index (χ1n) is 6.07. The smallest absolute Gasteiger partial charge is 0.223 e. The van der Waals surface area contributed by atoms with E-state index in [0.29, 0.717) is 36.9 Å². The number of hydrogen-bond donors (Lipinski definition) is 2. The SMILES string of the molecule is CC(CN)CNC(=O)CCOc1ccc(Cl)cc1Br.Cl. The Morgan fingerprint density at radius 3 is 2.85 bits per heavy atom. The maximum absolute atomic E-state index is 11.5. The number of nitrogens with one attached hydrogen (secondary N) is 1. The van der Waals surface area contributed by atoms with E-state index in [-0.39, 0.29) is 24.2 Å². The summed E-state index contributed by atoms with van der Waals surface area (Å²) in [6.07, 6.45) is 0.312. The predicted molar refractivity (Wildman–Crippen MR) is 87.7 cm³/mol. The summed E-state index contributed by atoms with van der Waals surface area (Å²) in [4.78, 5) is 11.5. The van der Waals surface area contributed by atoms with Crippen molar-refractivity contribution in [3.05, 3.63) is 27.7 Å². The van der Waals surface area contributed by atoms with E-state index in [9.17, 15) is 4.79 Å². The molecule has 1 aromatic rings. The molecule has 1 unspecified atom stereocenters. The van der Waals surface area contributed by atoms with Gasteiger partial charge in [0.2, 0.25) is 5.91 Å². The molecule has 0 aliphatic carbocycles. The minimum atomic E-state index is -0.0367. The minimum absolute atomic E-state index is 0. The van der Waals surface area contributed by atoms with Gasteiger partial charge in [-0.1, -0.05) is 18.5 Å². The van der Waals surface area contributed by atoms with Gasteiger partial charge in [0, 0.05) is 11.6 Å². The van der Waals surface area contributed by atoms with Crippen LogP contribution in [0.4, 0.5) is 0 Å². The van der Waals surface area contributed by atoms with Crippen LogP contribution in [0.2, 0.25) is 5.02 Å². The summed E-state index contributed by atoms with van der Waals surface area (Å²) < 4.78 is 6.28. The highest BCUT2D eigenvalue weighted by Crippen LogP contribution is 2.27. The van der Waals surface area contributed by atoms with Crippen LogP contribution < -0.4 is 15.8 Å². The molecule has 0 spiro atoms. The third kappa shape index (κ3) is 7.33. The molecule has 114 valence electrons. The van der Waals surface area contributed by atoms with Crippen LogP contribution in [-0.4, -0.2) is 25.6 Å². The Balaban J connectivity index is 0.00000361. The molecule has 0 bridgehead atoms. The highest BCUT2D eigenvalue weighted by molar-refractivity contribution is 9.10. The third-order valence-corrected chi connectivity index (χ3v) is 3.39. The predicted octanol–water partition coefficient (Wildman–Crippen LogP) is 3.00. The van der Waals surface area contributed by atoms with E-state index >= 15 is 0 Å². The lowest BCUT2D eigenvalue weighted by molar-refractivity contribution is -0.121.